The highest BCUT2D eigenvalue weighted by Gasteiger charge is 2.50. The molecule has 10 unspecified atom stereocenters. The van der Waals surface area contributed by atoms with Crippen LogP contribution in [0.15, 0.2) is 24.3 Å². The van der Waals surface area contributed by atoms with Crippen LogP contribution < -0.4 is 0 Å². The molecule has 0 amide bonds. The molecular formula is C22H30O11. The predicted molar refractivity (Wildman–Crippen MR) is 112 cm³/mol. The molecule has 0 aliphatic carbocycles. The maximum absolute atomic E-state index is 10.5. The van der Waals surface area contributed by atoms with Gasteiger partial charge in [0.2, 0.25) is 0 Å². The molecule has 2 aliphatic heterocycles. The second-order valence-electron chi connectivity index (χ2n) is 7.28. The maximum Gasteiger partial charge on any atom is 0.187 e. The Morgan fingerprint density at radius 2 is 1.33 bits per heavy atom. The summed E-state index contributed by atoms with van der Waals surface area (Å²) < 4.78 is 21.8. The third kappa shape index (κ3) is 7.32. The summed E-state index contributed by atoms with van der Waals surface area (Å²) in [5, 5.41) is 69.5. The molecule has 0 aromatic heterocycles. The number of hydrogen-bond donors (Lipinski definition) is 7. The molecule has 0 bridgehead atoms. The smallest absolute Gasteiger partial charge is 0.187 e. The highest BCUT2D eigenvalue weighted by atomic mass is 16.8. The van der Waals surface area contributed by atoms with Crippen molar-refractivity contribution in [1.29, 1.82) is 0 Å². The van der Waals surface area contributed by atoms with Gasteiger partial charge in [-0.25, -0.2) is 0 Å². The van der Waals surface area contributed by atoms with Crippen molar-refractivity contribution in [3.05, 3.63) is 24.3 Å². The van der Waals surface area contributed by atoms with Gasteiger partial charge in [-0.15, -0.1) is 0 Å². The van der Waals surface area contributed by atoms with E-state index in [-0.39, 0.29) is 6.61 Å². The fraction of sp³-hybridized carbons (Fsp3) is 0.636. The van der Waals surface area contributed by atoms with Gasteiger partial charge in [-0.3, -0.25) is 0 Å². The van der Waals surface area contributed by atoms with Gasteiger partial charge in [0.15, 0.2) is 12.6 Å². The molecule has 184 valence electrons. The molecule has 7 N–H and O–H groups in total. The summed E-state index contributed by atoms with van der Waals surface area (Å²) >= 11 is 0. The van der Waals surface area contributed by atoms with Crippen LogP contribution in [0.3, 0.4) is 0 Å². The standard InChI is InChI=1S/C22H30O11/c1-2-3-4-5-6-7-8-9-10-30-22-20(18(28)16(26)14(12-24)32-22)33-21-19(29)17(27)15(25)13(11-23)31-21/h2-3,8-9,13-29H,10-12H2,1H3. The zero-order chi connectivity index (χ0) is 24.4. The molecule has 33 heavy (non-hydrogen) atoms. The molecule has 0 aromatic rings. The lowest BCUT2D eigenvalue weighted by atomic mass is 9.97. The second kappa shape index (κ2) is 13.8. The van der Waals surface area contributed by atoms with Crippen molar-refractivity contribution in [3.8, 4) is 23.7 Å². The molecule has 0 radical (unpaired) electrons. The second-order valence-corrected chi connectivity index (χ2v) is 7.28. The van der Waals surface area contributed by atoms with E-state index < -0.39 is 74.6 Å². The molecule has 2 heterocycles. The fourth-order valence-corrected chi connectivity index (χ4v) is 3.17. The zero-order valence-corrected chi connectivity index (χ0v) is 18.0. The minimum Gasteiger partial charge on any atom is -0.394 e. The number of rotatable bonds is 7. The Morgan fingerprint density at radius 3 is 1.94 bits per heavy atom. The van der Waals surface area contributed by atoms with Crippen molar-refractivity contribution in [1.82, 2.24) is 0 Å². The van der Waals surface area contributed by atoms with E-state index in [0.29, 0.717) is 0 Å². The normalized spacial score (nSPS) is 39.2. The van der Waals surface area contributed by atoms with E-state index in [1.54, 1.807) is 12.2 Å². The highest BCUT2D eigenvalue weighted by molar-refractivity contribution is 5.33. The van der Waals surface area contributed by atoms with Crippen molar-refractivity contribution < 1.29 is 54.7 Å². The van der Waals surface area contributed by atoms with Crippen LogP contribution in [0.2, 0.25) is 0 Å². The SMILES string of the molecule is CC=CC#CC#CC=CCOC1OC(CO)C(O)C(O)C1OC1OC(CO)C(O)C(O)C1O. The molecule has 0 aromatic carbocycles. The molecule has 11 nitrogen and oxygen atoms in total. The van der Waals surface area contributed by atoms with E-state index in [1.165, 1.54) is 12.2 Å². The molecule has 10 atom stereocenters. The predicted octanol–water partition coefficient (Wildman–Crippen LogP) is -3.23. The first kappa shape index (κ1) is 27.4. The molecule has 2 fully saturated rings. The number of hydrogen-bond acceptors (Lipinski definition) is 11. The minimum absolute atomic E-state index is 0.0584. The van der Waals surface area contributed by atoms with Crippen LogP contribution in [-0.4, -0.2) is 117 Å². The van der Waals surface area contributed by atoms with Gasteiger partial charge >= 0.3 is 0 Å². The first-order valence-corrected chi connectivity index (χ1v) is 10.3. The lowest BCUT2D eigenvalue weighted by molar-refractivity contribution is -0.366. The van der Waals surface area contributed by atoms with Gasteiger partial charge in [0.1, 0.15) is 48.8 Å². The summed E-state index contributed by atoms with van der Waals surface area (Å²) in [5.74, 6) is 10.6. The van der Waals surface area contributed by atoms with Crippen molar-refractivity contribution in [2.75, 3.05) is 19.8 Å². The summed E-state index contributed by atoms with van der Waals surface area (Å²) in [6.07, 6.45) is -8.52. The van der Waals surface area contributed by atoms with Crippen LogP contribution in [0.5, 0.6) is 0 Å². The molecule has 2 aliphatic rings. The van der Waals surface area contributed by atoms with Crippen LogP contribution in [-0.2, 0) is 18.9 Å². The largest absolute Gasteiger partial charge is 0.394 e. The zero-order valence-electron chi connectivity index (χ0n) is 18.0. The molecular weight excluding hydrogens is 440 g/mol. The summed E-state index contributed by atoms with van der Waals surface area (Å²) in [5.41, 5.74) is 0. The molecule has 0 saturated carbocycles. The van der Waals surface area contributed by atoms with Gasteiger partial charge in [-0.1, -0.05) is 24.0 Å². The van der Waals surface area contributed by atoms with Gasteiger partial charge in [-0.2, -0.15) is 0 Å². The third-order valence-corrected chi connectivity index (χ3v) is 4.98. The van der Waals surface area contributed by atoms with Crippen molar-refractivity contribution in [2.24, 2.45) is 0 Å². The van der Waals surface area contributed by atoms with E-state index in [9.17, 15) is 35.7 Å². The third-order valence-electron chi connectivity index (χ3n) is 4.98. The van der Waals surface area contributed by atoms with Gasteiger partial charge in [0.05, 0.1) is 19.8 Å². The number of aliphatic hydroxyl groups is 7. The van der Waals surface area contributed by atoms with Crippen LogP contribution in [0.1, 0.15) is 6.92 Å². The Morgan fingerprint density at radius 1 is 0.758 bits per heavy atom. The molecule has 11 heteroatoms. The molecule has 2 rings (SSSR count). The molecule has 0 spiro atoms. The first-order chi connectivity index (χ1) is 15.8. The van der Waals surface area contributed by atoms with Crippen molar-refractivity contribution in [2.45, 2.75) is 68.3 Å². The number of allylic oxidation sites excluding steroid dienone is 3. The minimum atomic E-state index is -1.73. The molecule has 2 saturated heterocycles. The van der Waals surface area contributed by atoms with Gasteiger partial charge in [0, 0.05) is 0 Å². The van der Waals surface area contributed by atoms with E-state index >= 15 is 0 Å². The Hall–Kier alpha value is -1.84. The van der Waals surface area contributed by atoms with E-state index in [2.05, 4.69) is 23.7 Å². The topological polar surface area (TPSA) is 179 Å². The van der Waals surface area contributed by atoms with Gasteiger partial charge in [-0.05, 0) is 30.9 Å². The van der Waals surface area contributed by atoms with Crippen LogP contribution in [0.25, 0.3) is 0 Å². The van der Waals surface area contributed by atoms with Crippen LogP contribution in [0.4, 0.5) is 0 Å². The lowest BCUT2D eigenvalue weighted by Crippen LogP contribution is -2.64. The highest BCUT2D eigenvalue weighted by Crippen LogP contribution is 2.29. The Bertz CT molecular complexity index is 775. The summed E-state index contributed by atoms with van der Waals surface area (Å²) in [7, 11) is 0. The first-order valence-electron chi connectivity index (χ1n) is 10.3. The summed E-state index contributed by atoms with van der Waals surface area (Å²) in [4.78, 5) is 0. The average molecular weight is 470 g/mol. The number of aliphatic hydroxyl groups excluding tert-OH is 7. The van der Waals surface area contributed by atoms with Crippen molar-refractivity contribution >= 4 is 0 Å². The van der Waals surface area contributed by atoms with E-state index in [4.69, 9.17) is 18.9 Å². The quantitative estimate of drug-likeness (QED) is 0.186. The van der Waals surface area contributed by atoms with E-state index in [0.717, 1.165) is 0 Å². The average Bonchev–Trinajstić information content (AvgIpc) is 2.82. The number of ether oxygens (including phenoxy) is 4. The lowest BCUT2D eigenvalue weighted by Gasteiger charge is -2.45. The van der Waals surface area contributed by atoms with Crippen molar-refractivity contribution in [3.63, 3.8) is 0 Å². The van der Waals surface area contributed by atoms with Crippen LogP contribution in [0, 0.1) is 23.7 Å². The summed E-state index contributed by atoms with van der Waals surface area (Å²) in [6, 6.07) is 0. The Balaban J connectivity index is 2.08. The monoisotopic (exact) mass is 470 g/mol. The van der Waals surface area contributed by atoms with Gasteiger partial charge < -0.3 is 54.7 Å². The fourth-order valence-electron chi connectivity index (χ4n) is 3.17. The Labute approximate surface area is 191 Å². The van der Waals surface area contributed by atoms with Crippen LogP contribution >= 0.6 is 0 Å². The summed E-state index contributed by atoms with van der Waals surface area (Å²) in [6.45, 7) is 0.487. The Kier molecular flexibility index (Phi) is 11.4. The van der Waals surface area contributed by atoms with E-state index in [1.807, 2.05) is 6.92 Å². The maximum atomic E-state index is 10.5. The van der Waals surface area contributed by atoms with Gasteiger partial charge in [0.25, 0.3) is 0 Å².